The van der Waals surface area contributed by atoms with Crippen LogP contribution in [0.4, 0.5) is 5.69 Å². The average molecular weight is 285 g/mol. The number of fused-ring (bicyclic) bond motifs is 1. The summed E-state index contributed by atoms with van der Waals surface area (Å²) in [5.41, 5.74) is 1.85. The average Bonchev–Trinajstić information content (AvgIpc) is 3.17. The molecule has 1 aromatic carbocycles. The number of nitrogens with one attached hydrogen (secondary N) is 1. The molecule has 1 aromatic heterocycles. The van der Waals surface area contributed by atoms with Gasteiger partial charge in [-0.25, -0.2) is 0 Å². The molecular weight excluding hydrogens is 270 g/mol. The van der Waals surface area contributed by atoms with Gasteiger partial charge in [0.25, 0.3) is 0 Å². The second-order valence-electron chi connectivity index (χ2n) is 5.44. The van der Waals surface area contributed by atoms with E-state index in [0.717, 1.165) is 24.3 Å². The standard InChI is InChI=1S/C15H15N3O3/c19-13-7-11(10-3-1-2-4-12(10)16-13)15-17-14(18-21-15)9-5-6-20-8-9/h1-4,9,11H,5-8H2,(H,16,19)/t9-,11-/m1/s1. The highest BCUT2D eigenvalue weighted by Gasteiger charge is 2.32. The predicted molar refractivity (Wildman–Crippen MR) is 74.0 cm³/mol. The number of benzene rings is 1. The molecule has 2 atom stereocenters. The molecule has 1 fully saturated rings. The van der Waals surface area contributed by atoms with E-state index in [-0.39, 0.29) is 17.7 Å². The zero-order chi connectivity index (χ0) is 14.2. The summed E-state index contributed by atoms with van der Waals surface area (Å²) in [6.07, 6.45) is 1.25. The molecule has 1 amide bonds. The summed E-state index contributed by atoms with van der Waals surface area (Å²) < 4.78 is 10.8. The summed E-state index contributed by atoms with van der Waals surface area (Å²) in [5, 5.41) is 6.95. The maximum Gasteiger partial charge on any atom is 0.234 e. The first-order valence-corrected chi connectivity index (χ1v) is 7.11. The zero-order valence-corrected chi connectivity index (χ0v) is 11.4. The lowest BCUT2D eigenvalue weighted by Crippen LogP contribution is -2.23. The first kappa shape index (κ1) is 12.5. The molecule has 4 rings (SSSR count). The highest BCUT2D eigenvalue weighted by Crippen LogP contribution is 2.36. The summed E-state index contributed by atoms with van der Waals surface area (Å²) >= 11 is 0. The summed E-state index contributed by atoms with van der Waals surface area (Å²) in [6.45, 7) is 1.38. The number of carbonyl (C=O) groups excluding carboxylic acids is 1. The Hall–Kier alpha value is -2.21. The number of hydrogen-bond donors (Lipinski definition) is 1. The van der Waals surface area contributed by atoms with E-state index < -0.39 is 0 Å². The zero-order valence-electron chi connectivity index (χ0n) is 11.4. The molecule has 6 heteroatoms. The number of rotatable bonds is 2. The Kier molecular flexibility index (Phi) is 2.96. The Bertz CT molecular complexity index is 676. The molecular formula is C15H15N3O3. The number of nitrogens with zero attached hydrogens (tertiary/aromatic N) is 2. The van der Waals surface area contributed by atoms with Gasteiger partial charge in [0.05, 0.1) is 12.5 Å². The van der Waals surface area contributed by atoms with Crippen LogP contribution in [0.25, 0.3) is 0 Å². The Morgan fingerprint density at radius 2 is 2.19 bits per heavy atom. The number of ether oxygens (including phenoxy) is 1. The first-order valence-electron chi connectivity index (χ1n) is 7.11. The molecule has 1 N–H and O–H groups in total. The Morgan fingerprint density at radius 1 is 1.29 bits per heavy atom. The van der Waals surface area contributed by atoms with E-state index in [4.69, 9.17) is 9.26 Å². The molecule has 6 nitrogen and oxygen atoms in total. The van der Waals surface area contributed by atoms with Gasteiger partial charge < -0.3 is 14.6 Å². The fourth-order valence-electron chi connectivity index (χ4n) is 2.92. The molecule has 2 aliphatic heterocycles. The minimum Gasteiger partial charge on any atom is -0.381 e. The predicted octanol–water partition coefficient (Wildman–Crippen LogP) is 2.05. The largest absolute Gasteiger partial charge is 0.381 e. The van der Waals surface area contributed by atoms with Crippen molar-refractivity contribution in [3.8, 4) is 0 Å². The first-order chi connectivity index (χ1) is 10.3. The van der Waals surface area contributed by atoms with Crippen LogP contribution in [0.15, 0.2) is 28.8 Å². The number of amides is 1. The van der Waals surface area contributed by atoms with Gasteiger partial charge in [-0.2, -0.15) is 4.98 Å². The molecule has 2 aliphatic rings. The van der Waals surface area contributed by atoms with Crippen LogP contribution in [-0.2, 0) is 9.53 Å². The Morgan fingerprint density at radius 3 is 3.05 bits per heavy atom. The quantitative estimate of drug-likeness (QED) is 0.913. The van der Waals surface area contributed by atoms with Crippen molar-refractivity contribution in [3.05, 3.63) is 41.5 Å². The van der Waals surface area contributed by atoms with Crippen molar-refractivity contribution >= 4 is 11.6 Å². The van der Waals surface area contributed by atoms with Gasteiger partial charge in [-0.05, 0) is 18.1 Å². The van der Waals surface area contributed by atoms with E-state index in [1.54, 1.807) is 0 Å². The molecule has 21 heavy (non-hydrogen) atoms. The van der Waals surface area contributed by atoms with Gasteiger partial charge in [0.2, 0.25) is 11.8 Å². The van der Waals surface area contributed by atoms with Crippen molar-refractivity contribution < 1.29 is 14.1 Å². The number of hydrogen-bond acceptors (Lipinski definition) is 5. The summed E-state index contributed by atoms with van der Waals surface area (Å²) in [7, 11) is 0. The van der Waals surface area contributed by atoms with E-state index in [1.807, 2.05) is 24.3 Å². The third-order valence-electron chi connectivity index (χ3n) is 4.05. The fourth-order valence-corrected chi connectivity index (χ4v) is 2.92. The van der Waals surface area contributed by atoms with Crippen molar-refractivity contribution in [3.63, 3.8) is 0 Å². The van der Waals surface area contributed by atoms with Crippen LogP contribution in [0, 0.1) is 0 Å². The second kappa shape index (κ2) is 4.96. The summed E-state index contributed by atoms with van der Waals surface area (Å²) in [6, 6.07) is 7.73. The number of carbonyl (C=O) groups is 1. The van der Waals surface area contributed by atoms with Gasteiger partial charge in [-0.3, -0.25) is 4.79 Å². The molecule has 0 aliphatic carbocycles. The highest BCUT2D eigenvalue weighted by molar-refractivity contribution is 5.95. The molecule has 0 bridgehead atoms. The van der Waals surface area contributed by atoms with Crippen LogP contribution in [-0.4, -0.2) is 29.3 Å². The van der Waals surface area contributed by atoms with Crippen LogP contribution in [0.3, 0.4) is 0 Å². The second-order valence-corrected chi connectivity index (χ2v) is 5.44. The molecule has 1 saturated heterocycles. The SMILES string of the molecule is O=C1C[C@@H](c2nc([C@@H]3CCOC3)no2)c2ccccc2N1. The van der Waals surface area contributed by atoms with E-state index in [2.05, 4.69) is 15.5 Å². The molecule has 2 aromatic rings. The van der Waals surface area contributed by atoms with Gasteiger partial charge >= 0.3 is 0 Å². The van der Waals surface area contributed by atoms with Crippen LogP contribution >= 0.6 is 0 Å². The van der Waals surface area contributed by atoms with Crippen molar-refractivity contribution in [2.75, 3.05) is 18.5 Å². The van der Waals surface area contributed by atoms with Crippen molar-refractivity contribution in [1.82, 2.24) is 10.1 Å². The Balaban J connectivity index is 1.68. The maximum absolute atomic E-state index is 11.9. The van der Waals surface area contributed by atoms with E-state index >= 15 is 0 Å². The summed E-state index contributed by atoms with van der Waals surface area (Å²) in [4.78, 5) is 16.4. The normalized spacial score (nSPS) is 24.7. The minimum atomic E-state index is -0.168. The lowest BCUT2D eigenvalue weighted by Gasteiger charge is -2.22. The van der Waals surface area contributed by atoms with Gasteiger partial charge in [-0.15, -0.1) is 0 Å². The molecule has 0 spiro atoms. The van der Waals surface area contributed by atoms with E-state index in [9.17, 15) is 4.79 Å². The van der Waals surface area contributed by atoms with Crippen LogP contribution in [0.5, 0.6) is 0 Å². The monoisotopic (exact) mass is 285 g/mol. The molecule has 0 radical (unpaired) electrons. The molecule has 0 saturated carbocycles. The lowest BCUT2D eigenvalue weighted by molar-refractivity contribution is -0.116. The van der Waals surface area contributed by atoms with E-state index in [1.165, 1.54) is 0 Å². The van der Waals surface area contributed by atoms with E-state index in [0.29, 0.717) is 24.7 Å². The summed E-state index contributed by atoms with van der Waals surface area (Å²) in [5.74, 6) is 1.21. The molecule has 3 heterocycles. The number of para-hydroxylation sites is 1. The maximum atomic E-state index is 11.9. The molecule has 108 valence electrons. The topological polar surface area (TPSA) is 77.2 Å². The third-order valence-corrected chi connectivity index (χ3v) is 4.05. The van der Waals surface area contributed by atoms with Gasteiger partial charge in [-0.1, -0.05) is 23.4 Å². The van der Waals surface area contributed by atoms with Crippen molar-refractivity contribution in [1.29, 1.82) is 0 Å². The third kappa shape index (κ3) is 2.21. The van der Waals surface area contributed by atoms with Gasteiger partial charge in [0.15, 0.2) is 5.82 Å². The van der Waals surface area contributed by atoms with Crippen LogP contribution < -0.4 is 5.32 Å². The molecule has 0 unspecified atom stereocenters. The Labute approximate surface area is 121 Å². The highest BCUT2D eigenvalue weighted by atomic mass is 16.5. The lowest BCUT2D eigenvalue weighted by atomic mass is 9.90. The van der Waals surface area contributed by atoms with Gasteiger partial charge in [0.1, 0.15) is 0 Å². The number of aromatic nitrogens is 2. The van der Waals surface area contributed by atoms with Crippen molar-refractivity contribution in [2.45, 2.75) is 24.7 Å². The minimum absolute atomic E-state index is 0.0253. The van der Waals surface area contributed by atoms with Gasteiger partial charge in [0, 0.05) is 24.6 Å². The fraction of sp³-hybridized carbons (Fsp3) is 0.400. The van der Waals surface area contributed by atoms with Crippen LogP contribution in [0.1, 0.15) is 42.0 Å². The number of anilines is 1. The van der Waals surface area contributed by atoms with Crippen molar-refractivity contribution in [2.24, 2.45) is 0 Å². The van der Waals surface area contributed by atoms with Crippen LogP contribution in [0.2, 0.25) is 0 Å². The smallest absolute Gasteiger partial charge is 0.234 e.